The maximum absolute atomic E-state index is 9.45. The summed E-state index contributed by atoms with van der Waals surface area (Å²) in [7, 11) is 0. The number of aliphatic hydroxyl groups is 1. The summed E-state index contributed by atoms with van der Waals surface area (Å²) in [6.07, 6.45) is 4.40. The third-order valence-corrected chi connectivity index (χ3v) is 3.08. The quantitative estimate of drug-likeness (QED) is 0.482. The van der Waals surface area contributed by atoms with E-state index < -0.39 is 0 Å². The second-order valence-electron chi connectivity index (χ2n) is 4.80. The average molecular weight is 276 g/mol. The van der Waals surface area contributed by atoms with Crippen molar-refractivity contribution in [2.45, 2.75) is 25.9 Å². The van der Waals surface area contributed by atoms with Gasteiger partial charge in [0.25, 0.3) is 0 Å². The first kappa shape index (κ1) is 14.3. The highest BCUT2D eigenvalue weighted by Gasteiger charge is 2.22. The van der Waals surface area contributed by atoms with Crippen LogP contribution in [0.25, 0.3) is 6.08 Å². The van der Waals surface area contributed by atoms with E-state index in [1.807, 2.05) is 24.0 Å². The molecule has 1 unspecified atom stereocenters. The highest BCUT2D eigenvalue weighted by molar-refractivity contribution is 6.01. The van der Waals surface area contributed by atoms with Gasteiger partial charge in [-0.25, -0.2) is 4.99 Å². The van der Waals surface area contributed by atoms with Crippen LogP contribution in [0.4, 0.5) is 5.82 Å². The van der Waals surface area contributed by atoms with E-state index >= 15 is 0 Å². The van der Waals surface area contributed by atoms with Crippen molar-refractivity contribution in [1.29, 1.82) is 5.41 Å². The Bertz CT molecular complexity index is 533. The number of nitrogens with two attached hydrogens (primary N) is 1. The predicted molar refractivity (Wildman–Crippen MR) is 79.1 cm³/mol. The van der Waals surface area contributed by atoms with E-state index in [0.717, 1.165) is 5.69 Å². The number of rotatable bonds is 4. The van der Waals surface area contributed by atoms with Crippen LogP contribution in [0.3, 0.4) is 0 Å². The van der Waals surface area contributed by atoms with Gasteiger partial charge in [0.1, 0.15) is 11.7 Å². The van der Waals surface area contributed by atoms with Gasteiger partial charge in [-0.1, -0.05) is 6.08 Å². The Morgan fingerprint density at radius 2 is 2.55 bits per heavy atom. The van der Waals surface area contributed by atoms with Gasteiger partial charge in [-0.3, -0.25) is 10.5 Å². The fraction of sp³-hybridized carbons (Fsp3) is 0.462. The van der Waals surface area contributed by atoms with Gasteiger partial charge in [-0.2, -0.15) is 5.10 Å². The Balaban J connectivity index is 1.94. The molecule has 2 heterocycles. The highest BCUT2D eigenvalue weighted by Crippen LogP contribution is 2.13. The number of aliphatic hydroxyl groups excluding tert-OH is 1. The number of hydrogen-bond acceptors (Lipinski definition) is 4. The lowest BCUT2D eigenvalue weighted by molar-refractivity contribution is 0.188. The minimum absolute atomic E-state index is 0.262. The van der Waals surface area contributed by atoms with Crippen molar-refractivity contribution in [3.63, 3.8) is 0 Å². The van der Waals surface area contributed by atoms with Gasteiger partial charge in [0, 0.05) is 19.2 Å². The lowest BCUT2D eigenvalue weighted by Gasteiger charge is -2.18. The summed E-state index contributed by atoms with van der Waals surface area (Å²) in [5.41, 5.74) is 6.70. The fourth-order valence-electron chi connectivity index (χ4n) is 2.10. The van der Waals surface area contributed by atoms with Crippen LogP contribution < -0.4 is 5.73 Å². The van der Waals surface area contributed by atoms with Gasteiger partial charge in [-0.15, -0.1) is 0 Å². The zero-order chi connectivity index (χ0) is 14.5. The number of allylic oxidation sites excluding steroid dienone is 1. The summed E-state index contributed by atoms with van der Waals surface area (Å²) in [5, 5.41) is 24.3. The molecule has 0 aromatic carbocycles. The summed E-state index contributed by atoms with van der Waals surface area (Å²) < 4.78 is 0. The highest BCUT2D eigenvalue weighted by atomic mass is 16.3. The maximum atomic E-state index is 9.45. The normalized spacial score (nSPS) is 20.0. The number of amidine groups is 2. The average Bonchev–Trinajstić information content (AvgIpc) is 2.99. The molecule has 0 bridgehead atoms. The molecular weight excluding hydrogens is 256 g/mol. The summed E-state index contributed by atoms with van der Waals surface area (Å²) in [6, 6.07) is 1.79. The van der Waals surface area contributed by atoms with Crippen LogP contribution in [0, 0.1) is 5.41 Å². The van der Waals surface area contributed by atoms with E-state index in [2.05, 4.69) is 15.2 Å². The Morgan fingerprint density at radius 1 is 1.75 bits per heavy atom. The van der Waals surface area contributed by atoms with Crippen molar-refractivity contribution in [2.24, 2.45) is 10.7 Å². The number of β-amino-alcohol motifs (C(OH)–C–C–N with tert-alkyl or cyclic N) is 1. The maximum Gasteiger partial charge on any atom is 0.175 e. The molecule has 0 spiro atoms. The molecule has 0 saturated carbocycles. The van der Waals surface area contributed by atoms with Crippen molar-refractivity contribution >= 4 is 23.6 Å². The van der Waals surface area contributed by atoms with E-state index in [9.17, 15) is 5.11 Å². The number of nitrogens with zero attached hydrogens (tertiary/aromatic N) is 3. The molecule has 1 aromatic heterocycles. The molecule has 1 fully saturated rings. The minimum atomic E-state index is -0.344. The van der Waals surface area contributed by atoms with E-state index in [1.54, 1.807) is 6.07 Å². The third-order valence-electron chi connectivity index (χ3n) is 3.08. The molecule has 5 N–H and O–H groups in total. The fourth-order valence-corrected chi connectivity index (χ4v) is 2.10. The van der Waals surface area contributed by atoms with E-state index in [1.165, 1.54) is 0 Å². The molecule has 7 nitrogen and oxygen atoms in total. The number of hydrogen-bond donors (Lipinski definition) is 4. The molecule has 0 radical (unpaired) electrons. The van der Waals surface area contributed by atoms with Gasteiger partial charge >= 0.3 is 0 Å². The number of aromatic amines is 1. The standard InChI is InChI=1S/C13H20N6O/c1-2-3-9-6-13(18-17-9)16-11(14)7-12(15)19-5-4-10(20)8-19/h2-3,6,10,15,20H,4-5,7-8H2,1H3,(H3,14,16,17,18)/b3-2+,15-12?. The molecular formula is C13H20N6O. The van der Waals surface area contributed by atoms with Crippen molar-refractivity contribution in [3.8, 4) is 0 Å². The van der Waals surface area contributed by atoms with Crippen molar-refractivity contribution < 1.29 is 5.11 Å². The first-order valence-electron chi connectivity index (χ1n) is 6.60. The second kappa shape index (κ2) is 6.33. The summed E-state index contributed by atoms with van der Waals surface area (Å²) in [5.74, 6) is 1.23. The third kappa shape index (κ3) is 3.67. The first-order chi connectivity index (χ1) is 9.58. The Morgan fingerprint density at radius 3 is 3.20 bits per heavy atom. The molecule has 1 saturated heterocycles. The first-order valence-corrected chi connectivity index (χ1v) is 6.60. The number of aromatic nitrogens is 2. The summed E-state index contributed by atoms with van der Waals surface area (Å²) in [4.78, 5) is 6.00. The number of likely N-dealkylation sites (tertiary alicyclic amines) is 1. The topological polar surface area (TPSA) is 114 Å². The van der Waals surface area contributed by atoms with E-state index in [0.29, 0.717) is 37.0 Å². The number of H-pyrrole nitrogens is 1. The molecule has 1 aliphatic heterocycles. The monoisotopic (exact) mass is 276 g/mol. The molecule has 108 valence electrons. The van der Waals surface area contributed by atoms with Crippen molar-refractivity contribution in [3.05, 3.63) is 17.8 Å². The SMILES string of the molecule is C/C=C/c1cc(N=C(N)CC(=N)N2CCC(O)C2)n[nH]1. The summed E-state index contributed by atoms with van der Waals surface area (Å²) >= 11 is 0. The molecule has 1 aromatic rings. The Labute approximate surface area is 117 Å². The molecule has 1 atom stereocenters. The number of nitrogens with one attached hydrogen (secondary N) is 2. The van der Waals surface area contributed by atoms with Crippen LogP contribution in [-0.2, 0) is 0 Å². The summed E-state index contributed by atoms with van der Waals surface area (Å²) in [6.45, 7) is 3.12. The lowest BCUT2D eigenvalue weighted by atomic mass is 10.3. The second-order valence-corrected chi connectivity index (χ2v) is 4.80. The van der Waals surface area contributed by atoms with E-state index in [-0.39, 0.29) is 12.5 Å². The van der Waals surface area contributed by atoms with Crippen LogP contribution in [0.2, 0.25) is 0 Å². The molecule has 0 aliphatic carbocycles. The van der Waals surface area contributed by atoms with Gasteiger partial charge in [0.2, 0.25) is 0 Å². The zero-order valence-corrected chi connectivity index (χ0v) is 11.5. The smallest absolute Gasteiger partial charge is 0.175 e. The van der Waals surface area contributed by atoms with Crippen LogP contribution in [0.5, 0.6) is 0 Å². The number of aliphatic imine (C=N–C) groups is 1. The van der Waals surface area contributed by atoms with Gasteiger partial charge in [-0.05, 0) is 19.4 Å². The predicted octanol–water partition coefficient (Wildman–Crippen LogP) is 0.865. The van der Waals surface area contributed by atoms with Crippen LogP contribution in [0.15, 0.2) is 17.1 Å². The van der Waals surface area contributed by atoms with Crippen LogP contribution in [-0.4, -0.2) is 51.1 Å². The zero-order valence-electron chi connectivity index (χ0n) is 11.5. The van der Waals surface area contributed by atoms with Crippen molar-refractivity contribution in [1.82, 2.24) is 15.1 Å². The molecule has 1 aliphatic rings. The Kier molecular flexibility index (Phi) is 4.52. The molecule has 0 amide bonds. The van der Waals surface area contributed by atoms with Gasteiger partial charge in [0.05, 0.1) is 18.2 Å². The van der Waals surface area contributed by atoms with Gasteiger partial charge < -0.3 is 15.7 Å². The minimum Gasteiger partial charge on any atom is -0.391 e. The van der Waals surface area contributed by atoms with E-state index in [4.69, 9.17) is 11.1 Å². The Hall–Kier alpha value is -2.15. The molecule has 2 rings (SSSR count). The largest absolute Gasteiger partial charge is 0.391 e. The molecule has 7 heteroatoms. The van der Waals surface area contributed by atoms with Crippen molar-refractivity contribution in [2.75, 3.05) is 13.1 Å². The van der Waals surface area contributed by atoms with Gasteiger partial charge in [0.15, 0.2) is 5.82 Å². The lowest BCUT2D eigenvalue weighted by Crippen LogP contribution is -2.32. The van der Waals surface area contributed by atoms with Crippen LogP contribution in [0.1, 0.15) is 25.5 Å². The molecule has 20 heavy (non-hydrogen) atoms. The van der Waals surface area contributed by atoms with Crippen LogP contribution >= 0.6 is 0 Å².